The number of carbonyl (C=O) groups excluding carboxylic acids is 2. The fourth-order valence-corrected chi connectivity index (χ4v) is 1.46. The van der Waals surface area contributed by atoms with Crippen LogP contribution in [0.3, 0.4) is 0 Å². The molecular weight excluding hydrogens is 248 g/mol. The second-order valence-corrected chi connectivity index (χ2v) is 6.14. The van der Waals surface area contributed by atoms with Crippen molar-refractivity contribution in [3.63, 3.8) is 0 Å². The lowest BCUT2D eigenvalue weighted by atomic mass is 9.92. The molecule has 0 radical (unpaired) electrons. The Morgan fingerprint density at radius 2 is 1.63 bits per heavy atom. The quantitative estimate of drug-likeness (QED) is 0.665. The van der Waals surface area contributed by atoms with E-state index in [4.69, 9.17) is 5.11 Å². The molecule has 0 unspecified atom stereocenters. The largest absolute Gasteiger partial charge is 0.480 e. The molecule has 0 saturated carbocycles. The van der Waals surface area contributed by atoms with Gasteiger partial charge in [-0.25, -0.2) is 4.79 Å². The van der Waals surface area contributed by atoms with Gasteiger partial charge in [0.2, 0.25) is 11.8 Å². The average molecular weight is 272 g/mol. The van der Waals surface area contributed by atoms with Gasteiger partial charge in [-0.2, -0.15) is 0 Å². The first-order chi connectivity index (χ1) is 8.53. The summed E-state index contributed by atoms with van der Waals surface area (Å²) in [5, 5.41) is 13.8. The highest BCUT2D eigenvalue weighted by Gasteiger charge is 2.23. The minimum absolute atomic E-state index is 0.151. The maximum absolute atomic E-state index is 11.5. The fourth-order valence-electron chi connectivity index (χ4n) is 1.46. The molecular formula is C13H24N2O4. The number of hydrogen-bond acceptors (Lipinski definition) is 3. The molecule has 0 aromatic heterocycles. The van der Waals surface area contributed by atoms with Crippen LogP contribution >= 0.6 is 0 Å². The monoisotopic (exact) mass is 272 g/mol. The number of amides is 2. The third-order valence-electron chi connectivity index (χ3n) is 2.39. The molecule has 0 fully saturated rings. The zero-order valence-corrected chi connectivity index (χ0v) is 12.2. The van der Waals surface area contributed by atoms with Gasteiger partial charge in [-0.1, -0.05) is 34.6 Å². The van der Waals surface area contributed by atoms with E-state index < -0.39 is 17.9 Å². The van der Waals surface area contributed by atoms with Crippen LogP contribution in [0.15, 0.2) is 0 Å². The second kappa shape index (κ2) is 7.11. The zero-order valence-electron chi connectivity index (χ0n) is 12.2. The van der Waals surface area contributed by atoms with Crippen LogP contribution in [0, 0.1) is 11.3 Å². The third-order valence-corrected chi connectivity index (χ3v) is 2.39. The molecule has 19 heavy (non-hydrogen) atoms. The van der Waals surface area contributed by atoms with E-state index in [0.29, 0.717) is 6.42 Å². The summed E-state index contributed by atoms with van der Waals surface area (Å²) < 4.78 is 0. The van der Waals surface area contributed by atoms with Crippen molar-refractivity contribution in [3.8, 4) is 0 Å². The van der Waals surface area contributed by atoms with E-state index in [1.165, 1.54) is 0 Å². The van der Waals surface area contributed by atoms with Crippen LogP contribution in [-0.2, 0) is 14.4 Å². The van der Waals surface area contributed by atoms with Crippen molar-refractivity contribution in [2.75, 3.05) is 6.54 Å². The minimum atomic E-state index is -1.08. The molecule has 0 spiro atoms. The van der Waals surface area contributed by atoms with Gasteiger partial charge in [0.1, 0.15) is 6.04 Å². The van der Waals surface area contributed by atoms with Gasteiger partial charge in [0.15, 0.2) is 0 Å². The normalized spacial score (nSPS) is 12.9. The van der Waals surface area contributed by atoms with Crippen molar-refractivity contribution in [2.45, 2.75) is 47.1 Å². The van der Waals surface area contributed by atoms with Crippen molar-refractivity contribution >= 4 is 17.8 Å². The van der Waals surface area contributed by atoms with E-state index >= 15 is 0 Å². The van der Waals surface area contributed by atoms with Crippen LogP contribution in [-0.4, -0.2) is 35.5 Å². The fraction of sp³-hybridized carbons (Fsp3) is 0.769. The summed E-state index contributed by atoms with van der Waals surface area (Å²) in [6.07, 6.45) is 0.312. The minimum Gasteiger partial charge on any atom is -0.480 e. The molecule has 0 rings (SSSR count). The number of hydrogen-bond donors (Lipinski definition) is 3. The number of rotatable bonds is 6. The molecule has 6 heteroatoms. The molecule has 0 bridgehead atoms. The molecule has 6 nitrogen and oxygen atoms in total. The van der Waals surface area contributed by atoms with Gasteiger partial charge >= 0.3 is 5.97 Å². The van der Waals surface area contributed by atoms with Crippen molar-refractivity contribution in [1.29, 1.82) is 0 Å². The number of carboxylic acids is 1. The summed E-state index contributed by atoms with van der Waals surface area (Å²) in [4.78, 5) is 34.0. The van der Waals surface area contributed by atoms with E-state index in [2.05, 4.69) is 10.6 Å². The average Bonchev–Trinajstić information content (AvgIpc) is 2.19. The molecule has 3 N–H and O–H groups in total. The molecule has 0 aromatic rings. The first kappa shape index (κ1) is 17.4. The molecule has 0 aliphatic carbocycles. The van der Waals surface area contributed by atoms with Crippen LogP contribution < -0.4 is 10.6 Å². The zero-order chi connectivity index (χ0) is 15.2. The van der Waals surface area contributed by atoms with E-state index in [-0.39, 0.29) is 23.8 Å². The first-order valence-corrected chi connectivity index (χ1v) is 6.32. The van der Waals surface area contributed by atoms with Crippen LogP contribution in [0.1, 0.15) is 41.0 Å². The predicted molar refractivity (Wildman–Crippen MR) is 71.5 cm³/mol. The predicted octanol–water partition coefficient (Wildman–Crippen LogP) is 0.764. The Morgan fingerprint density at radius 1 is 1.11 bits per heavy atom. The van der Waals surface area contributed by atoms with Crippen molar-refractivity contribution in [3.05, 3.63) is 0 Å². The summed E-state index contributed by atoms with van der Waals surface area (Å²) in [5.41, 5.74) is -0.151. The van der Waals surface area contributed by atoms with Crippen molar-refractivity contribution < 1.29 is 19.5 Å². The highest BCUT2D eigenvalue weighted by atomic mass is 16.4. The van der Waals surface area contributed by atoms with Crippen LogP contribution in [0.5, 0.6) is 0 Å². The van der Waals surface area contributed by atoms with Gasteiger partial charge in [0.05, 0.1) is 6.54 Å². The molecule has 0 saturated heterocycles. The summed E-state index contributed by atoms with van der Waals surface area (Å²) in [6.45, 7) is 8.98. The Hall–Kier alpha value is -1.59. The number of carboxylic acid groups (broad SMARTS) is 1. The molecule has 1 atom stereocenters. The van der Waals surface area contributed by atoms with Gasteiger partial charge in [0.25, 0.3) is 0 Å². The van der Waals surface area contributed by atoms with Crippen molar-refractivity contribution in [2.24, 2.45) is 11.3 Å². The smallest absolute Gasteiger partial charge is 0.326 e. The summed E-state index contributed by atoms with van der Waals surface area (Å²) >= 11 is 0. The van der Waals surface area contributed by atoms with Gasteiger partial charge in [-0.15, -0.1) is 0 Å². The molecule has 0 aliphatic heterocycles. The highest BCUT2D eigenvalue weighted by molar-refractivity contribution is 5.88. The Kier molecular flexibility index (Phi) is 6.52. The van der Waals surface area contributed by atoms with Gasteiger partial charge in [-0.3, -0.25) is 9.59 Å². The van der Waals surface area contributed by atoms with E-state index in [1.807, 2.05) is 20.8 Å². The SMILES string of the molecule is CC(C)[C@H](NC(=O)CNC(=O)CC(C)(C)C)C(=O)O. The lowest BCUT2D eigenvalue weighted by Gasteiger charge is -2.19. The molecule has 0 aromatic carbocycles. The number of nitrogens with one attached hydrogen (secondary N) is 2. The Labute approximate surface area is 113 Å². The third kappa shape index (κ3) is 8.18. The van der Waals surface area contributed by atoms with E-state index in [9.17, 15) is 14.4 Å². The molecule has 0 aliphatic rings. The first-order valence-electron chi connectivity index (χ1n) is 6.32. The Balaban J connectivity index is 4.19. The molecule has 2 amide bonds. The van der Waals surface area contributed by atoms with Gasteiger partial charge in [-0.05, 0) is 11.3 Å². The lowest BCUT2D eigenvalue weighted by molar-refractivity contribution is -0.143. The maximum Gasteiger partial charge on any atom is 0.326 e. The van der Waals surface area contributed by atoms with Crippen LogP contribution in [0.25, 0.3) is 0 Å². The number of aliphatic carboxylic acids is 1. The van der Waals surface area contributed by atoms with Gasteiger partial charge in [0, 0.05) is 6.42 Å². The summed E-state index contributed by atoms with van der Waals surface area (Å²) in [6, 6.07) is -0.938. The maximum atomic E-state index is 11.5. The van der Waals surface area contributed by atoms with Crippen molar-refractivity contribution in [1.82, 2.24) is 10.6 Å². The van der Waals surface area contributed by atoms with Crippen LogP contribution in [0.4, 0.5) is 0 Å². The Morgan fingerprint density at radius 3 is 2.00 bits per heavy atom. The topological polar surface area (TPSA) is 95.5 Å². The molecule has 110 valence electrons. The second-order valence-electron chi connectivity index (χ2n) is 6.14. The standard InChI is InChI=1S/C13H24N2O4/c1-8(2)11(12(18)19)15-10(17)7-14-9(16)6-13(3,4)5/h8,11H,6-7H2,1-5H3,(H,14,16)(H,15,17)(H,18,19)/t11-/m0/s1. The van der Waals surface area contributed by atoms with E-state index in [1.54, 1.807) is 13.8 Å². The Bertz CT molecular complexity index is 345. The number of carbonyl (C=O) groups is 3. The lowest BCUT2D eigenvalue weighted by Crippen LogP contribution is -2.48. The molecule has 0 heterocycles. The summed E-state index contributed by atoms with van der Waals surface area (Å²) in [5.74, 6) is -2.02. The van der Waals surface area contributed by atoms with Gasteiger partial charge < -0.3 is 15.7 Å². The highest BCUT2D eigenvalue weighted by Crippen LogP contribution is 2.17. The van der Waals surface area contributed by atoms with E-state index in [0.717, 1.165) is 0 Å². The summed E-state index contributed by atoms with van der Waals surface area (Å²) in [7, 11) is 0. The van der Waals surface area contributed by atoms with Crippen LogP contribution in [0.2, 0.25) is 0 Å².